The summed E-state index contributed by atoms with van der Waals surface area (Å²) in [5.74, 6) is -0.109. The number of carbonyl (C=O) groups is 2. The molecule has 3 rings (SSSR count). The Morgan fingerprint density at radius 1 is 1.15 bits per heavy atom. The van der Waals surface area contributed by atoms with Crippen LogP contribution in [-0.2, 0) is 24.7 Å². The Morgan fingerprint density at radius 2 is 1.96 bits per heavy atom. The molecule has 0 saturated heterocycles. The number of aromatic carboxylic acids is 1. The summed E-state index contributed by atoms with van der Waals surface area (Å²) in [6.07, 6.45) is 1.74. The molecular formula is C20H21N3O3. The third-order valence-electron chi connectivity index (χ3n) is 4.32. The lowest BCUT2D eigenvalue weighted by molar-refractivity contribution is -0.120. The zero-order valence-electron chi connectivity index (χ0n) is 14.6. The molecule has 0 atom stereocenters. The first-order valence-electron chi connectivity index (χ1n) is 8.54. The van der Waals surface area contributed by atoms with Gasteiger partial charge in [0.25, 0.3) is 0 Å². The topological polar surface area (TPSA) is 84.2 Å². The molecule has 0 unspecified atom stereocenters. The number of carboxylic acids is 1. The number of carbonyl (C=O) groups excluding carboxylic acids is 1. The van der Waals surface area contributed by atoms with Gasteiger partial charge < -0.3 is 15.0 Å². The number of nitrogens with zero attached hydrogens (tertiary/aromatic N) is 2. The van der Waals surface area contributed by atoms with E-state index in [0.717, 1.165) is 29.7 Å². The van der Waals surface area contributed by atoms with Crippen molar-refractivity contribution >= 4 is 22.9 Å². The molecule has 0 saturated carbocycles. The lowest BCUT2D eigenvalue weighted by atomic mass is 10.1. The van der Waals surface area contributed by atoms with Crippen molar-refractivity contribution in [3.63, 3.8) is 0 Å². The Bertz CT molecular complexity index is 946. The third-order valence-corrected chi connectivity index (χ3v) is 4.32. The number of aryl methyl sites for hydroxylation is 2. The van der Waals surface area contributed by atoms with Crippen molar-refractivity contribution in [1.82, 2.24) is 14.9 Å². The first-order valence-corrected chi connectivity index (χ1v) is 8.54. The number of amides is 1. The standard InChI is InChI=1S/C20H21N3O3/c1-23-17-9-3-2-8-16(17)22-18(23)10-5-11-21-19(24)13-14-6-4-7-15(12-14)20(25)26/h2-4,6-9,12H,5,10-11,13H2,1H3,(H,21,24)(H,25,26). The molecule has 6 nitrogen and oxygen atoms in total. The fraction of sp³-hybridized carbons (Fsp3) is 0.250. The number of carboxylic acid groups (broad SMARTS) is 1. The van der Waals surface area contributed by atoms with Crippen LogP contribution in [0, 0.1) is 0 Å². The lowest BCUT2D eigenvalue weighted by Gasteiger charge is -2.06. The van der Waals surface area contributed by atoms with Gasteiger partial charge in [0.2, 0.25) is 5.91 Å². The van der Waals surface area contributed by atoms with Gasteiger partial charge in [-0.1, -0.05) is 24.3 Å². The Balaban J connectivity index is 1.48. The highest BCUT2D eigenvalue weighted by Crippen LogP contribution is 2.15. The normalized spacial score (nSPS) is 10.8. The van der Waals surface area contributed by atoms with Crippen molar-refractivity contribution in [3.05, 3.63) is 65.5 Å². The fourth-order valence-corrected chi connectivity index (χ4v) is 2.96. The number of fused-ring (bicyclic) bond motifs is 1. The maximum Gasteiger partial charge on any atom is 0.335 e. The van der Waals surface area contributed by atoms with E-state index in [9.17, 15) is 9.59 Å². The average molecular weight is 351 g/mol. The molecule has 26 heavy (non-hydrogen) atoms. The predicted octanol–water partition coefficient (Wildman–Crippen LogP) is 2.56. The molecule has 0 radical (unpaired) electrons. The monoisotopic (exact) mass is 351 g/mol. The molecule has 0 bridgehead atoms. The minimum atomic E-state index is -0.991. The second kappa shape index (κ2) is 7.82. The molecule has 0 fully saturated rings. The van der Waals surface area contributed by atoms with Gasteiger partial charge in [-0.05, 0) is 36.2 Å². The van der Waals surface area contributed by atoms with Crippen LogP contribution in [0.1, 0.15) is 28.2 Å². The van der Waals surface area contributed by atoms with Crippen LogP contribution in [0.3, 0.4) is 0 Å². The molecule has 1 aromatic heterocycles. The van der Waals surface area contributed by atoms with Gasteiger partial charge >= 0.3 is 5.97 Å². The van der Waals surface area contributed by atoms with Crippen LogP contribution in [0.5, 0.6) is 0 Å². The van der Waals surface area contributed by atoms with Gasteiger partial charge in [0.15, 0.2) is 0 Å². The van der Waals surface area contributed by atoms with Crippen molar-refractivity contribution in [1.29, 1.82) is 0 Å². The van der Waals surface area contributed by atoms with Crippen LogP contribution >= 0.6 is 0 Å². The first kappa shape index (κ1) is 17.7. The van der Waals surface area contributed by atoms with Crippen molar-refractivity contribution in [2.24, 2.45) is 7.05 Å². The Hall–Kier alpha value is -3.15. The highest BCUT2D eigenvalue weighted by Gasteiger charge is 2.09. The summed E-state index contributed by atoms with van der Waals surface area (Å²) in [4.78, 5) is 27.6. The van der Waals surface area contributed by atoms with E-state index in [1.54, 1.807) is 12.1 Å². The van der Waals surface area contributed by atoms with E-state index >= 15 is 0 Å². The number of hydrogen-bond donors (Lipinski definition) is 2. The van der Waals surface area contributed by atoms with Gasteiger partial charge in [-0.2, -0.15) is 0 Å². The number of para-hydroxylation sites is 2. The molecule has 3 aromatic rings. The average Bonchev–Trinajstić information content (AvgIpc) is 2.95. The number of hydrogen-bond acceptors (Lipinski definition) is 3. The van der Waals surface area contributed by atoms with Gasteiger partial charge in [0.05, 0.1) is 23.0 Å². The maximum atomic E-state index is 12.0. The molecule has 1 amide bonds. The molecular weight excluding hydrogens is 330 g/mol. The van der Waals surface area contributed by atoms with Crippen molar-refractivity contribution in [2.45, 2.75) is 19.3 Å². The molecule has 0 aliphatic heterocycles. The summed E-state index contributed by atoms with van der Waals surface area (Å²) in [5, 5.41) is 11.9. The summed E-state index contributed by atoms with van der Waals surface area (Å²) in [6, 6.07) is 14.4. The summed E-state index contributed by atoms with van der Waals surface area (Å²) in [7, 11) is 2.00. The first-order chi connectivity index (χ1) is 12.5. The summed E-state index contributed by atoms with van der Waals surface area (Å²) >= 11 is 0. The minimum Gasteiger partial charge on any atom is -0.478 e. The molecule has 6 heteroatoms. The van der Waals surface area contributed by atoms with Crippen LogP contribution < -0.4 is 5.32 Å². The third kappa shape index (κ3) is 4.08. The van der Waals surface area contributed by atoms with Crippen LogP contribution in [0.4, 0.5) is 0 Å². The molecule has 134 valence electrons. The molecule has 2 N–H and O–H groups in total. The Kier molecular flexibility index (Phi) is 5.31. The Morgan fingerprint density at radius 3 is 2.73 bits per heavy atom. The fourth-order valence-electron chi connectivity index (χ4n) is 2.96. The smallest absolute Gasteiger partial charge is 0.335 e. The molecule has 0 spiro atoms. The van der Waals surface area contributed by atoms with Gasteiger partial charge in [-0.3, -0.25) is 4.79 Å². The van der Waals surface area contributed by atoms with Crippen LogP contribution in [0.2, 0.25) is 0 Å². The van der Waals surface area contributed by atoms with E-state index in [-0.39, 0.29) is 17.9 Å². The number of benzene rings is 2. The minimum absolute atomic E-state index is 0.113. The highest BCUT2D eigenvalue weighted by atomic mass is 16.4. The van der Waals surface area contributed by atoms with Crippen LogP contribution in [-0.4, -0.2) is 33.1 Å². The van der Waals surface area contributed by atoms with E-state index in [0.29, 0.717) is 12.1 Å². The zero-order valence-corrected chi connectivity index (χ0v) is 14.6. The second-order valence-corrected chi connectivity index (χ2v) is 6.21. The van der Waals surface area contributed by atoms with Crippen molar-refractivity contribution in [2.75, 3.05) is 6.54 Å². The summed E-state index contributed by atoms with van der Waals surface area (Å²) in [5.41, 5.74) is 2.96. The van der Waals surface area contributed by atoms with Crippen LogP contribution in [0.25, 0.3) is 11.0 Å². The SMILES string of the molecule is Cn1c(CCCNC(=O)Cc2cccc(C(=O)O)c2)nc2ccccc21. The maximum absolute atomic E-state index is 12.0. The zero-order chi connectivity index (χ0) is 18.5. The van der Waals surface area contributed by atoms with Crippen LogP contribution in [0.15, 0.2) is 48.5 Å². The summed E-state index contributed by atoms with van der Waals surface area (Å²) in [6.45, 7) is 0.556. The van der Waals surface area contributed by atoms with Gasteiger partial charge in [-0.15, -0.1) is 0 Å². The highest BCUT2D eigenvalue weighted by molar-refractivity contribution is 5.88. The Labute approximate surface area is 151 Å². The lowest BCUT2D eigenvalue weighted by Crippen LogP contribution is -2.26. The molecule has 2 aromatic carbocycles. The quantitative estimate of drug-likeness (QED) is 0.641. The van der Waals surface area contributed by atoms with Gasteiger partial charge in [0, 0.05) is 20.0 Å². The van der Waals surface area contributed by atoms with E-state index in [4.69, 9.17) is 5.11 Å². The number of aromatic nitrogens is 2. The van der Waals surface area contributed by atoms with E-state index in [1.165, 1.54) is 12.1 Å². The van der Waals surface area contributed by atoms with Crippen molar-refractivity contribution < 1.29 is 14.7 Å². The van der Waals surface area contributed by atoms with E-state index in [2.05, 4.69) is 14.9 Å². The number of rotatable bonds is 7. The van der Waals surface area contributed by atoms with Gasteiger partial charge in [-0.25, -0.2) is 9.78 Å². The predicted molar refractivity (Wildman–Crippen MR) is 99.2 cm³/mol. The van der Waals surface area contributed by atoms with Crippen molar-refractivity contribution in [3.8, 4) is 0 Å². The second-order valence-electron chi connectivity index (χ2n) is 6.21. The number of imidazole rings is 1. The van der Waals surface area contributed by atoms with Gasteiger partial charge in [0.1, 0.15) is 5.82 Å². The number of nitrogens with one attached hydrogen (secondary N) is 1. The van der Waals surface area contributed by atoms with E-state index < -0.39 is 5.97 Å². The molecule has 0 aliphatic carbocycles. The molecule has 0 aliphatic rings. The molecule has 1 heterocycles. The largest absolute Gasteiger partial charge is 0.478 e. The van der Waals surface area contributed by atoms with E-state index in [1.807, 2.05) is 31.3 Å². The summed E-state index contributed by atoms with van der Waals surface area (Å²) < 4.78 is 2.08.